The highest BCUT2D eigenvalue weighted by Crippen LogP contribution is 2.51. The van der Waals surface area contributed by atoms with Gasteiger partial charge in [-0.25, -0.2) is 4.79 Å². The zero-order valence-electron chi connectivity index (χ0n) is 36.1. The van der Waals surface area contributed by atoms with E-state index in [1.807, 2.05) is 42.5 Å². The number of aromatic amines is 1. The SMILES string of the molecule is COc1cc(NC(=O)CCCc2ccc(NC(=O)O[C@@H]3C[C@@H]4[C@H]5O[C@H]5[C@H](C3)[N+]4(C)C)c(-c3ccccc3)c2)c(Cl)cc1CNC[C@H](O)c1ccc(O)c2[nH]c(=O)ccc12.O=C([O-])C(F)(F)F. The standard InChI is InChI=1S/C45H48ClN5O8.C2HF3O2/c1-51(2)35-20-28(21-36(51)44-43(35)59-44)58-45(56)49-33-15-12-25(18-31(33)26-9-5-4-6-10-26)8-7-11-40(54)48-34-22-39(57-3)27(19-32(34)46)23-47-24-38(53)29-13-16-37(52)42-30(29)14-17-41(55)50-42;3-2(4,5)1(6)7/h4-6,9-10,12-19,22,28,35-36,38,43-44,47,53H,7-8,11,20-21,23-24H2,1-3H3,(H3-,48,49,50,52,54,55,56);(H,6,7)/t28-,35-,36+,38-,43-,44+;/m0./s1. The van der Waals surface area contributed by atoms with Crippen molar-refractivity contribution in [3.05, 3.63) is 117 Å². The highest BCUT2D eigenvalue weighted by atomic mass is 35.5. The number of epoxide rings is 1. The number of amides is 2. The molecule has 1 aromatic heterocycles. The number of anilines is 2. The van der Waals surface area contributed by atoms with Gasteiger partial charge in [0.2, 0.25) is 11.5 Å². The van der Waals surface area contributed by atoms with Crippen molar-refractivity contribution in [2.24, 2.45) is 0 Å². The van der Waals surface area contributed by atoms with Gasteiger partial charge < -0.3 is 54.4 Å². The van der Waals surface area contributed by atoms with Crippen LogP contribution in [0.25, 0.3) is 22.0 Å². The number of nitrogens with zero attached hydrogens (tertiary/aromatic N) is 1. The van der Waals surface area contributed by atoms with E-state index in [4.69, 9.17) is 35.7 Å². The number of benzene rings is 4. The monoisotopic (exact) mass is 935 g/mol. The second-order valence-corrected chi connectivity index (χ2v) is 17.4. The minimum absolute atomic E-state index is 0.0812. The van der Waals surface area contributed by atoms with Gasteiger partial charge in [-0.2, -0.15) is 13.2 Å². The van der Waals surface area contributed by atoms with Gasteiger partial charge in [-0.3, -0.25) is 14.9 Å². The normalized spacial score (nSPS) is 20.6. The molecule has 15 nitrogen and oxygen atoms in total. The molecule has 5 aromatic rings. The molecule has 6 atom stereocenters. The maximum atomic E-state index is 13.2. The van der Waals surface area contributed by atoms with Crippen molar-refractivity contribution in [1.82, 2.24) is 10.3 Å². The number of rotatable bonds is 14. The third-order valence-corrected chi connectivity index (χ3v) is 12.7. The molecule has 3 saturated heterocycles. The summed E-state index contributed by atoms with van der Waals surface area (Å²) in [5.74, 6) is -2.78. The summed E-state index contributed by atoms with van der Waals surface area (Å²) in [6.07, 6.45) is -3.15. The Kier molecular flexibility index (Phi) is 14.3. The summed E-state index contributed by atoms with van der Waals surface area (Å²) in [5.41, 5.74) is 5.10. The predicted octanol–water partition coefficient (Wildman–Crippen LogP) is 5.95. The van der Waals surface area contributed by atoms with E-state index in [0.29, 0.717) is 64.6 Å². The number of H-pyrrole nitrogens is 1. The second kappa shape index (κ2) is 19.7. The van der Waals surface area contributed by atoms with Crippen LogP contribution in [0.5, 0.6) is 11.5 Å². The van der Waals surface area contributed by atoms with Gasteiger partial charge >= 0.3 is 12.3 Å². The van der Waals surface area contributed by atoms with Crippen LogP contribution in [0, 0.1) is 0 Å². The Labute approximate surface area is 382 Å². The van der Waals surface area contributed by atoms with Crippen molar-refractivity contribution >= 4 is 51.8 Å². The highest BCUT2D eigenvalue weighted by molar-refractivity contribution is 6.33. The van der Waals surface area contributed by atoms with Crippen LogP contribution in [0.3, 0.4) is 0 Å². The van der Waals surface area contributed by atoms with Gasteiger partial charge in [0.15, 0.2) is 0 Å². The van der Waals surface area contributed by atoms with Crippen molar-refractivity contribution in [2.45, 2.75) is 81.3 Å². The number of aryl methyl sites for hydroxylation is 1. The van der Waals surface area contributed by atoms with Crippen LogP contribution in [-0.2, 0) is 32.0 Å². The summed E-state index contributed by atoms with van der Waals surface area (Å²) in [7, 11) is 6.03. The molecular formula is C47H49ClF3N5O10. The molecule has 0 spiro atoms. The lowest BCUT2D eigenvalue weighted by Crippen LogP contribution is -2.60. The molecule has 3 aliphatic heterocycles. The lowest BCUT2D eigenvalue weighted by Gasteiger charge is -2.45. The van der Waals surface area contributed by atoms with Crippen molar-refractivity contribution < 1.29 is 61.6 Å². The van der Waals surface area contributed by atoms with E-state index in [9.17, 15) is 37.8 Å². The van der Waals surface area contributed by atoms with Crippen molar-refractivity contribution in [1.29, 1.82) is 0 Å². The second-order valence-electron chi connectivity index (χ2n) is 17.0. The minimum atomic E-state index is -5.19. The maximum absolute atomic E-state index is 13.2. The number of aromatic nitrogens is 1. The van der Waals surface area contributed by atoms with Gasteiger partial charge in [-0.15, -0.1) is 0 Å². The number of carboxylic acid groups (broad SMARTS) is 1. The third-order valence-electron chi connectivity index (χ3n) is 12.4. The van der Waals surface area contributed by atoms with E-state index in [0.717, 1.165) is 39.6 Å². The number of nitrogens with one attached hydrogen (secondary N) is 4. The van der Waals surface area contributed by atoms with Crippen LogP contribution in [0.2, 0.25) is 5.02 Å². The lowest BCUT2D eigenvalue weighted by atomic mass is 9.96. The number of piperidine rings is 1. The van der Waals surface area contributed by atoms with E-state index in [-0.39, 0.29) is 54.0 Å². The number of ether oxygens (including phenoxy) is 3. The number of likely N-dealkylation sites (N-methyl/N-ethyl adjacent to an activating group) is 1. The topological polar surface area (TPSA) is 215 Å². The van der Waals surface area contributed by atoms with Gasteiger partial charge in [0.05, 0.1) is 49.2 Å². The van der Waals surface area contributed by atoms with Crippen molar-refractivity contribution in [3.63, 3.8) is 0 Å². The van der Waals surface area contributed by atoms with Crippen LogP contribution in [0.1, 0.15) is 48.5 Å². The molecule has 3 fully saturated rings. The van der Waals surface area contributed by atoms with Gasteiger partial charge in [0.25, 0.3) is 0 Å². The molecule has 0 saturated carbocycles. The average molecular weight is 936 g/mol. The quantitative estimate of drug-likeness (QED) is 0.0565. The number of aliphatic hydroxyl groups is 1. The fraction of sp³-hybridized carbons (Fsp3) is 0.362. The lowest BCUT2D eigenvalue weighted by molar-refractivity contribution is -0.938. The molecule has 2 amide bonds. The van der Waals surface area contributed by atoms with Crippen LogP contribution < -0.4 is 31.4 Å². The van der Waals surface area contributed by atoms with E-state index >= 15 is 0 Å². The smallest absolute Gasteiger partial charge is 0.430 e. The average Bonchev–Trinajstić information content (AvgIpc) is 4.04. The fourth-order valence-electron chi connectivity index (χ4n) is 8.99. The Bertz CT molecular complexity index is 2650. The molecule has 4 aromatic carbocycles. The molecular weight excluding hydrogens is 887 g/mol. The number of carbonyl (C=O) groups excluding carboxylic acids is 3. The number of fused-ring (bicyclic) bond motifs is 6. The summed E-state index contributed by atoms with van der Waals surface area (Å²) < 4.78 is 50.0. The first-order chi connectivity index (χ1) is 31.3. The van der Waals surface area contributed by atoms with E-state index in [1.165, 1.54) is 19.2 Å². The first-order valence-electron chi connectivity index (χ1n) is 21.2. The third kappa shape index (κ3) is 10.9. The number of aliphatic hydroxyl groups excluding tert-OH is 1. The van der Waals surface area contributed by atoms with Crippen LogP contribution in [0.4, 0.5) is 29.3 Å². The molecule has 19 heteroatoms. The Morgan fingerprint density at radius 2 is 1.67 bits per heavy atom. The number of methoxy groups -OCH3 is 1. The molecule has 4 heterocycles. The number of quaternary nitrogens is 1. The largest absolute Gasteiger partial charge is 0.542 e. The maximum Gasteiger partial charge on any atom is 0.430 e. The van der Waals surface area contributed by atoms with Gasteiger partial charge in [0.1, 0.15) is 47.9 Å². The molecule has 2 bridgehead atoms. The summed E-state index contributed by atoms with van der Waals surface area (Å²) >= 11 is 6.63. The number of hydrogen-bond acceptors (Lipinski definition) is 11. The number of carbonyl (C=O) groups is 3. The van der Waals surface area contributed by atoms with Crippen LogP contribution >= 0.6 is 11.6 Å². The van der Waals surface area contributed by atoms with E-state index in [1.54, 1.807) is 24.3 Å². The Balaban J connectivity index is 0.000000858. The number of halogens is 4. The van der Waals surface area contributed by atoms with E-state index < -0.39 is 24.3 Å². The number of phenols is 1. The van der Waals surface area contributed by atoms with Crippen LogP contribution in [-0.4, -0.2) is 102 Å². The number of carboxylic acids is 1. The molecule has 3 aliphatic rings. The first kappa shape index (κ1) is 47.8. The number of morpholine rings is 1. The Morgan fingerprint density at radius 3 is 2.33 bits per heavy atom. The summed E-state index contributed by atoms with van der Waals surface area (Å²) in [6.45, 7) is 0.463. The van der Waals surface area contributed by atoms with Gasteiger partial charge in [-0.1, -0.05) is 54.1 Å². The van der Waals surface area contributed by atoms with Gasteiger partial charge in [0, 0.05) is 61.0 Å². The van der Waals surface area contributed by atoms with Crippen molar-refractivity contribution in [3.8, 4) is 22.6 Å². The molecule has 6 N–H and O–H groups in total. The zero-order chi connectivity index (χ0) is 47.5. The number of phenolic OH excluding ortho intramolecular Hbond substituents is 1. The Morgan fingerprint density at radius 1 is 0.970 bits per heavy atom. The number of aliphatic carboxylic acids is 1. The molecule has 350 valence electrons. The predicted molar refractivity (Wildman–Crippen MR) is 237 cm³/mol. The summed E-state index contributed by atoms with van der Waals surface area (Å²) in [6, 6.07) is 25.8. The summed E-state index contributed by atoms with van der Waals surface area (Å²) in [4.78, 5) is 49.5. The number of pyridine rings is 1. The minimum Gasteiger partial charge on any atom is -0.542 e. The van der Waals surface area contributed by atoms with Crippen LogP contribution in [0.15, 0.2) is 89.7 Å². The van der Waals surface area contributed by atoms with Crippen molar-refractivity contribution in [2.75, 3.05) is 38.4 Å². The molecule has 66 heavy (non-hydrogen) atoms. The van der Waals surface area contributed by atoms with E-state index in [2.05, 4.69) is 41.1 Å². The molecule has 0 unspecified atom stereocenters. The summed E-state index contributed by atoms with van der Waals surface area (Å²) in [5, 5.41) is 39.9. The zero-order valence-corrected chi connectivity index (χ0v) is 36.9. The molecule has 0 aliphatic carbocycles. The number of hydrogen-bond donors (Lipinski definition) is 6. The highest BCUT2D eigenvalue weighted by Gasteiger charge is 2.70. The molecule has 0 radical (unpaired) electrons. The molecule has 8 rings (SSSR count). The Hall–Kier alpha value is -6.18. The number of alkyl halides is 3. The number of aromatic hydroxyl groups is 1. The first-order valence-corrected chi connectivity index (χ1v) is 21.5. The fourth-order valence-corrected chi connectivity index (χ4v) is 9.23. The van der Waals surface area contributed by atoms with Gasteiger partial charge in [-0.05, 0) is 59.9 Å².